The molecule has 2 aromatic rings. The van der Waals surface area contributed by atoms with Crippen LogP contribution < -0.4 is 10.2 Å². The van der Waals surface area contributed by atoms with E-state index in [1.165, 1.54) is 21.0 Å². The highest BCUT2D eigenvalue weighted by Gasteiger charge is 2.33. The molecule has 0 bridgehead atoms. The van der Waals surface area contributed by atoms with Crippen LogP contribution in [0.15, 0.2) is 24.3 Å². The molecule has 1 amide bonds. The summed E-state index contributed by atoms with van der Waals surface area (Å²) >= 11 is 1.78. The van der Waals surface area contributed by atoms with Crippen LogP contribution in [0.25, 0.3) is 10.2 Å². The van der Waals surface area contributed by atoms with Crippen LogP contribution in [0.1, 0.15) is 37.7 Å². The number of nitrogens with one attached hydrogen (secondary N) is 2. The van der Waals surface area contributed by atoms with E-state index >= 15 is 0 Å². The highest BCUT2D eigenvalue weighted by atomic mass is 32.1. The number of benzene rings is 1. The third kappa shape index (κ3) is 3.47. The van der Waals surface area contributed by atoms with Gasteiger partial charge in [0.2, 0.25) is 0 Å². The lowest BCUT2D eigenvalue weighted by Gasteiger charge is -2.19. The van der Waals surface area contributed by atoms with Crippen molar-refractivity contribution in [2.24, 2.45) is 5.92 Å². The molecule has 1 aliphatic heterocycles. The Kier molecular flexibility index (Phi) is 4.74. The summed E-state index contributed by atoms with van der Waals surface area (Å²) in [6, 6.07) is 8.66. The van der Waals surface area contributed by atoms with Crippen LogP contribution >= 0.6 is 11.3 Å². The van der Waals surface area contributed by atoms with E-state index in [0.717, 1.165) is 25.0 Å². The number of hydrogen-bond donors (Lipinski definition) is 2. The summed E-state index contributed by atoms with van der Waals surface area (Å²) in [5.74, 6) is 0.661. The molecule has 0 spiro atoms. The minimum atomic E-state index is 0.164. The molecule has 0 saturated carbocycles. The topological polar surface area (TPSA) is 46.4 Å². The van der Waals surface area contributed by atoms with Crippen LogP contribution in [0, 0.1) is 5.92 Å². The minimum Gasteiger partial charge on any atom is -0.351 e. The first-order valence-electron chi connectivity index (χ1n) is 8.10. The monoisotopic (exact) mass is 318 g/mol. The van der Waals surface area contributed by atoms with E-state index < -0.39 is 0 Å². The molecule has 1 fully saturated rings. The number of fused-ring (bicyclic) bond motifs is 1. The summed E-state index contributed by atoms with van der Waals surface area (Å²) in [5.41, 5.74) is 1.08. The lowest BCUT2D eigenvalue weighted by molar-refractivity contribution is -0.910. The highest BCUT2D eigenvalue weighted by Crippen LogP contribution is 2.28. The van der Waals surface area contributed by atoms with Gasteiger partial charge in [-0.2, -0.15) is 0 Å². The van der Waals surface area contributed by atoms with E-state index in [-0.39, 0.29) is 5.91 Å². The summed E-state index contributed by atoms with van der Waals surface area (Å²) in [6.07, 6.45) is 2.31. The number of quaternary nitrogens is 1. The molecule has 2 atom stereocenters. The van der Waals surface area contributed by atoms with Gasteiger partial charge >= 0.3 is 0 Å². The largest absolute Gasteiger partial charge is 0.351 e. The molecule has 1 aliphatic rings. The number of nitrogens with zero attached hydrogens (tertiary/aromatic N) is 1. The van der Waals surface area contributed by atoms with Gasteiger partial charge in [-0.1, -0.05) is 26.0 Å². The van der Waals surface area contributed by atoms with Crippen molar-refractivity contribution in [2.45, 2.75) is 32.7 Å². The quantitative estimate of drug-likeness (QED) is 0.883. The zero-order valence-electron chi connectivity index (χ0n) is 13.3. The Bertz CT molecular complexity index is 619. The standard InChI is InChI=1S/C17H23N3OS/c1-12(2)10-18-16(21)11-20-9-5-7-14(20)17-19-13-6-3-4-8-15(13)22-17/h3-4,6,8,12,14H,5,7,9-11H2,1-2H3,(H,18,21)/p+1/t14-/m0/s1. The fraction of sp³-hybridized carbons (Fsp3) is 0.529. The second-order valence-electron chi connectivity index (χ2n) is 6.50. The predicted octanol–water partition coefficient (Wildman–Crippen LogP) is 1.79. The number of para-hydroxylation sites is 1. The molecule has 22 heavy (non-hydrogen) atoms. The second kappa shape index (κ2) is 6.75. The Morgan fingerprint density at radius 1 is 1.45 bits per heavy atom. The fourth-order valence-corrected chi connectivity index (χ4v) is 4.21. The van der Waals surface area contributed by atoms with Crippen molar-refractivity contribution in [1.29, 1.82) is 0 Å². The average Bonchev–Trinajstić information content (AvgIpc) is 3.10. The Labute approximate surface area is 135 Å². The van der Waals surface area contributed by atoms with E-state index in [9.17, 15) is 4.79 Å². The molecule has 1 aromatic heterocycles. The van der Waals surface area contributed by atoms with Crippen molar-refractivity contribution in [1.82, 2.24) is 10.3 Å². The van der Waals surface area contributed by atoms with Crippen LogP contribution in [0.5, 0.6) is 0 Å². The normalized spacial score (nSPS) is 21.6. The van der Waals surface area contributed by atoms with Gasteiger partial charge in [0.15, 0.2) is 11.6 Å². The smallest absolute Gasteiger partial charge is 0.275 e. The van der Waals surface area contributed by atoms with E-state index in [1.54, 1.807) is 11.3 Å². The second-order valence-corrected chi connectivity index (χ2v) is 7.56. The van der Waals surface area contributed by atoms with Gasteiger partial charge in [0.05, 0.1) is 16.8 Å². The molecule has 1 aromatic carbocycles. The molecule has 2 heterocycles. The molecule has 2 N–H and O–H groups in total. The number of thiazole rings is 1. The molecule has 4 nitrogen and oxygen atoms in total. The van der Waals surface area contributed by atoms with Gasteiger partial charge in [0, 0.05) is 19.4 Å². The summed E-state index contributed by atoms with van der Waals surface area (Å²) in [6.45, 7) is 6.63. The molecular weight excluding hydrogens is 294 g/mol. The SMILES string of the molecule is CC(C)CNC(=O)C[NH+]1CCC[C@H]1c1nc2ccccc2s1. The fourth-order valence-electron chi connectivity index (χ4n) is 3.05. The van der Waals surface area contributed by atoms with Gasteiger partial charge in [-0.15, -0.1) is 11.3 Å². The van der Waals surface area contributed by atoms with Gasteiger partial charge in [-0.05, 0) is 18.1 Å². The summed E-state index contributed by atoms with van der Waals surface area (Å²) in [7, 11) is 0. The Hall–Kier alpha value is -1.46. The third-order valence-corrected chi connectivity index (χ3v) is 5.34. The molecule has 5 heteroatoms. The average molecular weight is 318 g/mol. The van der Waals surface area contributed by atoms with Crippen LogP contribution in [-0.4, -0.2) is 30.5 Å². The van der Waals surface area contributed by atoms with E-state index in [0.29, 0.717) is 18.5 Å². The third-order valence-electron chi connectivity index (χ3n) is 4.19. The van der Waals surface area contributed by atoms with Gasteiger partial charge in [0.1, 0.15) is 6.04 Å². The van der Waals surface area contributed by atoms with Crippen molar-refractivity contribution < 1.29 is 9.69 Å². The van der Waals surface area contributed by atoms with Gasteiger partial charge in [-0.25, -0.2) is 4.98 Å². The van der Waals surface area contributed by atoms with Gasteiger partial charge < -0.3 is 10.2 Å². The molecular formula is C17H24N3OS+. The maximum Gasteiger partial charge on any atom is 0.275 e. The Morgan fingerprint density at radius 2 is 2.27 bits per heavy atom. The molecule has 1 unspecified atom stereocenters. The molecule has 0 radical (unpaired) electrons. The van der Waals surface area contributed by atoms with Crippen molar-refractivity contribution in [3.05, 3.63) is 29.3 Å². The van der Waals surface area contributed by atoms with Crippen molar-refractivity contribution in [3.8, 4) is 0 Å². The molecule has 0 aliphatic carbocycles. The summed E-state index contributed by atoms with van der Waals surface area (Å²) in [5, 5.41) is 4.22. The number of likely N-dealkylation sites (tertiary alicyclic amines) is 1. The Morgan fingerprint density at radius 3 is 3.05 bits per heavy atom. The zero-order valence-corrected chi connectivity index (χ0v) is 14.1. The van der Waals surface area contributed by atoms with E-state index in [4.69, 9.17) is 4.98 Å². The lowest BCUT2D eigenvalue weighted by Crippen LogP contribution is -3.11. The van der Waals surface area contributed by atoms with Crippen LogP contribution in [-0.2, 0) is 4.79 Å². The first-order valence-corrected chi connectivity index (χ1v) is 8.92. The predicted molar refractivity (Wildman–Crippen MR) is 90.1 cm³/mol. The summed E-state index contributed by atoms with van der Waals surface area (Å²) in [4.78, 5) is 18.3. The first kappa shape index (κ1) is 15.4. The van der Waals surface area contributed by atoms with Gasteiger partial charge in [0.25, 0.3) is 5.91 Å². The number of aromatic nitrogens is 1. The number of carbonyl (C=O) groups is 1. The first-order chi connectivity index (χ1) is 10.6. The van der Waals surface area contributed by atoms with Crippen LogP contribution in [0.3, 0.4) is 0 Å². The minimum absolute atomic E-state index is 0.164. The van der Waals surface area contributed by atoms with E-state index in [2.05, 4.69) is 37.4 Å². The highest BCUT2D eigenvalue weighted by molar-refractivity contribution is 7.18. The van der Waals surface area contributed by atoms with Crippen molar-refractivity contribution >= 4 is 27.5 Å². The Balaban J connectivity index is 1.68. The van der Waals surface area contributed by atoms with E-state index in [1.807, 2.05) is 6.07 Å². The molecule has 3 rings (SSSR count). The molecule has 1 saturated heterocycles. The molecule has 118 valence electrons. The number of carbonyl (C=O) groups excluding carboxylic acids is 1. The number of amides is 1. The van der Waals surface area contributed by atoms with Crippen molar-refractivity contribution in [3.63, 3.8) is 0 Å². The lowest BCUT2D eigenvalue weighted by atomic mass is 10.2. The summed E-state index contributed by atoms with van der Waals surface area (Å²) < 4.78 is 1.24. The zero-order chi connectivity index (χ0) is 15.5. The number of rotatable bonds is 5. The maximum atomic E-state index is 12.1. The van der Waals surface area contributed by atoms with Crippen LogP contribution in [0.4, 0.5) is 0 Å². The number of hydrogen-bond acceptors (Lipinski definition) is 3. The van der Waals surface area contributed by atoms with Crippen molar-refractivity contribution in [2.75, 3.05) is 19.6 Å². The van der Waals surface area contributed by atoms with Gasteiger partial charge in [-0.3, -0.25) is 4.79 Å². The van der Waals surface area contributed by atoms with Crippen LogP contribution in [0.2, 0.25) is 0 Å². The maximum absolute atomic E-state index is 12.1.